The average molecular weight is 745 g/mol. The molecular formula is C38H42F2N8O6. The van der Waals surface area contributed by atoms with E-state index in [1.54, 1.807) is 25.1 Å². The molecule has 0 radical (unpaired) electrons. The monoisotopic (exact) mass is 744 g/mol. The molecule has 2 aromatic heterocycles. The van der Waals surface area contributed by atoms with Crippen LogP contribution in [0.15, 0.2) is 48.8 Å². The lowest BCUT2D eigenvalue weighted by Gasteiger charge is -2.19. The summed E-state index contributed by atoms with van der Waals surface area (Å²) in [6.45, 7) is 5.46. The molecule has 0 bridgehead atoms. The first kappa shape index (κ1) is 36.9. The first-order chi connectivity index (χ1) is 26.1. The fraction of sp³-hybridized carbons (Fsp3) is 0.421. The minimum absolute atomic E-state index is 0.0226. The standard InChI is InChI=1S/C20H23FN4O3.C18H19FN4O3/c1-2-28-19(27)16-8-23-20(25-9-14-6-15(14)10-25)24-18(16)22-7-12-3-4-13(11-26)17(21)5-12;19-15-3-10(1-2-11(15)9-24)5-20-16-14(17(25)26)6-21-18(22-16)23-7-12-4-13(12)8-23/h3-5,8,14-15,26H,2,6-7,9-11H2,1H3,(H,22,23,24);1-3,6,12-13,24H,4-5,7-9H2,(H,25,26)(H,20,21,22). The summed E-state index contributed by atoms with van der Waals surface area (Å²) in [7, 11) is 0. The molecule has 2 saturated carbocycles. The number of carboxylic acid groups (broad SMARTS) is 1. The van der Waals surface area contributed by atoms with Crippen LogP contribution in [0.3, 0.4) is 0 Å². The number of halogens is 2. The number of hydrogen-bond acceptors (Lipinski definition) is 13. The molecule has 16 heteroatoms. The highest BCUT2D eigenvalue weighted by molar-refractivity contribution is 5.94. The number of anilines is 4. The van der Waals surface area contributed by atoms with Crippen LogP contribution in [0.1, 0.15) is 62.7 Å². The van der Waals surface area contributed by atoms with Crippen LogP contribution >= 0.6 is 0 Å². The third-order valence-electron chi connectivity index (χ3n) is 10.3. The van der Waals surface area contributed by atoms with E-state index in [1.807, 2.05) is 0 Å². The topological polar surface area (TPSA) is 186 Å². The SMILES string of the molecule is CCOC(=O)c1cnc(N2CC3CC3C2)nc1NCc1ccc(CO)c(F)c1.O=C(O)c1cnc(N2CC3CC3C2)nc1NCc1ccc(CO)c(F)c1. The summed E-state index contributed by atoms with van der Waals surface area (Å²) in [4.78, 5) is 45.4. The minimum atomic E-state index is -1.12. The minimum Gasteiger partial charge on any atom is -0.477 e. The van der Waals surface area contributed by atoms with E-state index in [2.05, 4.69) is 40.4 Å². The van der Waals surface area contributed by atoms with E-state index >= 15 is 0 Å². The van der Waals surface area contributed by atoms with Gasteiger partial charge in [0.15, 0.2) is 0 Å². The van der Waals surface area contributed by atoms with E-state index < -0.39 is 23.6 Å². The number of fused-ring (bicyclic) bond motifs is 2. The van der Waals surface area contributed by atoms with Gasteiger partial charge in [0.05, 0.1) is 19.8 Å². The quantitative estimate of drug-likeness (QED) is 0.123. The average Bonchev–Trinajstić information content (AvgIpc) is 4.01. The number of carbonyl (C=O) groups is 2. The number of piperidine rings is 2. The number of benzene rings is 2. The molecule has 2 aromatic carbocycles. The summed E-state index contributed by atoms with van der Waals surface area (Å²) in [5, 5.41) is 33.6. The van der Waals surface area contributed by atoms with Crippen molar-refractivity contribution in [2.24, 2.45) is 23.7 Å². The lowest BCUT2D eigenvalue weighted by Crippen LogP contribution is -2.25. The zero-order valence-electron chi connectivity index (χ0n) is 29.7. The van der Waals surface area contributed by atoms with Crippen molar-refractivity contribution < 1.29 is 38.4 Å². The number of aliphatic hydroxyl groups excluding tert-OH is 2. The number of aromatic carboxylic acids is 1. The Labute approximate surface area is 310 Å². The van der Waals surface area contributed by atoms with Crippen molar-refractivity contribution in [3.8, 4) is 0 Å². The maximum absolute atomic E-state index is 13.9. The van der Waals surface area contributed by atoms with E-state index in [4.69, 9.17) is 14.9 Å². The zero-order chi connectivity index (χ0) is 37.9. The number of nitrogens with one attached hydrogen (secondary N) is 2. The molecule has 54 heavy (non-hydrogen) atoms. The van der Waals surface area contributed by atoms with Crippen molar-refractivity contribution in [2.75, 3.05) is 53.2 Å². The number of ether oxygens (including phenoxy) is 1. The van der Waals surface area contributed by atoms with Gasteiger partial charge in [0.2, 0.25) is 11.9 Å². The van der Waals surface area contributed by atoms with Gasteiger partial charge in [-0.05, 0) is 66.7 Å². The van der Waals surface area contributed by atoms with Crippen LogP contribution in [0.4, 0.5) is 32.3 Å². The van der Waals surface area contributed by atoms with Gasteiger partial charge in [-0.1, -0.05) is 24.3 Å². The molecule has 4 aromatic rings. The first-order valence-electron chi connectivity index (χ1n) is 18.0. The summed E-state index contributed by atoms with van der Waals surface area (Å²) < 4.78 is 32.8. The Hall–Kier alpha value is -5.48. The van der Waals surface area contributed by atoms with Crippen LogP contribution in [0.25, 0.3) is 0 Å². The van der Waals surface area contributed by atoms with Gasteiger partial charge in [0.1, 0.15) is 34.4 Å². The number of aliphatic hydroxyl groups is 2. The van der Waals surface area contributed by atoms with E-state index in [1.165, 1.54) is 43.4 Å². The van der Waals surface area contributed by atoms with Crippen molar-refractivity contribution >= 4 is 35.5 Å². The molecule has 4 unspecified atom stereocenters. The van der Waals surface area contributed by atoms with Gasteiger partial charge in [0.25, 0.3) is 0 Å². The van der Waals surface area contributed by atoms with Gasteiger partial charge in [-0.15, -0.1) is 0 Å². The predicted octanol–water partition coefficient (Wildman–Crippen LogP) is 4.23. The van der Waals surface area contributed by atoms with Gasteiger partial charge in [0, 0.05) is 62.8 Å². The summed E-state index contributed by atoms with van der Waals surface area (Å²) in [5.41, 5.74) is 1.99. The number of carbonyl (C=O) groups excluding carboxylic acids is 1. The number of carboxylic acids is 1. The molecule has 4 aliphatic rings. The van der Waals surface area contributed by atoms with Crippen molar-refractivity contribution in [2.45, 2.75) is 46.1 Å². The molecule has 284 valence electrons. The van der Waals surface area contributed by atoms with Gasteiger partial charge in [-0.3, -0.25) is 0 Å². The summed E-state index contributed by atoms with van der Waals surface area (Å²) >= 11 is 0. The summed E-state index contributed by atoms with van der Waals surface area (Å²) in [5.74, 6) is 2.01. The second kappa shape index (κ2) is 15.9. The van der Waals surface area contributed by atoms with Crippen LogP contribution < -0.4 is 20.4 Å². The molecule has 0 spiro atoms. The number of aromatic nitrogens is 4. The maximum Gasteiger partial charge on any atom is 0.343 e. The third-order valence-corrected chi connectivity index (χ3v) is 10.3. The van der Waals surface area contributed by atoms with Crippen LogP contribution in [0.2, 0.25) is 0 Å². The highest BCUT2D eigenvalue weighted by Crippen LogP contribution is 2.46. The van der Waals surface area contributed by atoms with Crippen molar-refractivity contribution in [1.29, 1.82) is 0 Å². The largest absolute Gasteiger partial charge is 0.477 e. The molecule has 4 heterocycles. The Morgan fingerprint density at radius 2 is 1.20 bits per heavy atom. The smallest absolute Gasteiger partial charge is 0.343 e. The molecule has 8 rings (SSSR count). The molecule has 2 saturated heterocycles. The lowest BCUT2D eigenvalue weighted by molar-refractivity contribution is 0.0526. The first-order valence-corrected chi connectivity index (χ1v) is 18.0. The molecule has 2 aliphatic carbocycles. The lowest BCUT2D eigenvalue weighted by atomic mass is 10.1. The molecule has 5 N–H and O–H groups in total. The normalized spacial score (nSPS) is 20.4. The fourth-order valence-corrected chi connectivity index (χ4v) is 6.99. The number of nitrogens with zero attached hydrogens (tertiary/aromatic N) is 6. The maximum atomic E-state index is 13.9. The number of hydrogen-bond donors (Lipinski definition) is 5. The molecule has 4 atom stereocenters. The zero-order valence-corrected chi connectivity index (χ0v) is 29.7. The van der Waals surface area contributed by atoms with Gasteiger partial charge in [-0.25, -0.2) is 28.3 Å². The van der Waals surface area contributed by atoms with Crippen LogP contribution in [-0.4, -0.2) is 80.0 Å². The molecule has 4 fully saturated rings. The van der Waals surface area contributed by atoms with Crippen LogP contribution in [0.5, 0.6) is 0 Å². The van der Waals surface area contributed by atoms with Gasteiger partial charge < -0.3 is 40.5 Å². The second-order valence-corrected chi connectivity index (χ2v) is 14.1. The number of rotatable bonds is 13. The van der Waals surface area contributed by atoms with E-state index in [0.29, 0.717) is 40.7 Å². The van der Waals surface area contributed by atoms with E-state index in [0.717, 1.165) is 38.0 Å². The third kappa shape index (κ3) is 8.34. The van der Waals surface area contributed by atoms with Crippen molar-refractivity contribution in [3.05, 3.63) is 93.8 Å². The fourth-order valence-electron chi connectivity index (χ4n) is 6.99. The van der Waals surface area contributed by atoms with E-state index in [-0.39, 0.29) is 61.0 Å². The van der Waals surface area contributed by atoms with Gasteiger partial charge >= 0.3 is 11.9 Å². The molecule has 0 amide bonds. The highest BCUT2D eigenvalue weighted by Gasteiger charge is 2.46. The number of esters is 1. The molecule has 14 nitrogen and oxygen atoms in total. The van der Waals surface area contributed by atoms with Crippen molar-refractivity contribution in [3.63, 3.8) is 0 Å². The summed E-state index contributed by atoms with van der Waals surface area (Å²) in [6.07, 6.45) is 5.33. The Kier molecular flexibility index (Phi) is 10.8. The van der Waals surface area contributed by atoms with Gasteiger partial charge in [-0.2, -0.15) is 9.97 Å². The Bertz CT molecular complexity index is 2020. The molecular weight excluding hydrogens is 702 g/mol. The predicted molar refractivity (Wildman–Crippen MR) is 194 cm³/mol. The Morgan fingerprint density at radius 1 is 0.759 bits per heavy atom. The Morgan fingerprint density at radius 3 is 1.61 bits per heavy atom. The second-order valence-electron chi connectivity index (χ2n) is 14.1. The van der Waals surface area contributed by atoms with Crippen molar-refractivity contribution in [1.82, 2.24) is 19.9 Å². The van der Waals surface area contributed by atoms with Crippen LogP contribution in [0, 0.1) is 35.3 Å². The van der Waals surface area contributed by atoms with Crippen LogP contribution in [-0.2, 0) is 31.0 Å². The highest BCUT2D eigenvalue weighted by atomic mass is 19.1. The molecule has 2 aliphatic heterocycles. The Balaban J connectivity index is 0.000000167. The van der Waals surface area contributed by atoms with E-state index in [9.17, 15) is 23.5 Å². The summed E-state index contributed by atoms with van der Waals surface area (Å²) in [6, 6.07) is 9.13.